The molecule has 0 radical (unpaired) electrons. The normalized spacial score (nSPS) is 17.0. The molecule has 1 aliphatic rings. The van der Waals surface area contributed by atoms with Gasteiger partial charge >= 0.3 is 0 Å². The molecule has 0 saturated carbocycles. The molecule has 0 fully saturated rings. The Labute approximate surface area is 91.4 Å². The lowest BCUT2D eigenvalue weighted by Crippen LogP contribution is -2.14. The molecule has 0 saturated heterocycles. The average Bonchev–Trinajstić information content (AvgIpc) is 2.27. The largest absolute Gasteiger partial charge is 0.496 e. The Balaban J connectivity index is 2.54. The van der Waals surface area contributed by atoms with Crippen LogP contribution in [-0.4, -0.2) is 7.11 Å². The van der Waals surface area contributed by atoms with Crippen molar-refractivity contribution in [1.29, 1.82) is 0 Å². The van der Waals surface area contributed by atoms with Crippen molar-refractivity contribution in [3.8, 4) is 5.75 Å². The van der Waals surface area contributed by atoms with Gasteiger partial charge in [-0.2, -0.15) is 0 Å². The monoisotopic (exact) mass is 205 g/mol. The first-order chi connectivity index (χ1) is 7.24. The molecule has 0 bridgehead atoms. The van der Waals surface area contributed by atoms with Crippen LogP contribution in [0.4, 0.5) is 0 Å². The minimum Gasteiger partial charge on any atom is -0.496 e. The maximum atomic E-state index is 6.03. The molecule has 0 amide bonds. The zero-order chi connectivity index (χ0) is 10.8. The predicted octanol–water partition coefficient (Wildman–Crippen LogP) is 2.59. The van der Waals surface area contributed by atoms with Crippen molar-refractivity contribution < 1.29 is 4.74 Å². The van der Waals surface area contributed by atoms with Gasteiger partial charge in [-0.3, -0.25) is 0 Å². The fourth-order valence-corrected chi connectivity index (χ4v) is 2.51. The first-order valence-electron chi connectivity index (χ1n) is 5.68. The maximum Gasteiger partial charge on any atom is 0.123 e. The Hall–Kier alpha value is -1.02. The molecule has 1 aliphatic carbocycles. The number of hydrogen-bond donors (Lipinski definition) is 1. The first-order valence-corrected chi connectivity index (χ1v) is 5.68. The molecule has 0 aliphatic heterocycles. The number of nitrogens with two attached hydrogens (primary N) is 1. The molecule has 1 aromatic carbocycles. The molecule has 1 atom stereocenters. The molecular formula is C13H19NO. The Morgan fingerprint density at radius 2 is 2.00 bits per heavy atom. The quantitative estimate of drug-likeness (QED) is 0.805. The number of ether oxygens (including phenoxy) is 1. The van der Waals surface area contributed by atoms with Gasteiger partial charge in [0.2, 0.25) is 0 Å². The van der Waals surface area contributed by atoms with Gasteiger partial charge in [0.05, 0.1) is 7.11 Å². The van der Waals surface area contributed by atoms with E-state index in [9.17, 15) is 0 Å². The summed E-state index contributed by atoms with van der Waals surface area (Å²) in [6.07, 6.45) is 4.93. The molecule has 2 N–H and O–H groups in total. The van der Waals surface area contributed by atoms with Crippen LogP contribution in [0.3, 0.4) is 0 Å². The van der Waals surface area contributed by atoms with Crippen molar-refractivity contribution >= 4 is 0 Å². The molecule has 1 unspecified atom stereocenters. The maximum absolute atomic E-state index is 6.03. The Kier molecular flexibility index (Phi) is 2.96. The zero-order valence-electron chi connectivity index (χ0n) is 9.55. The molecule has 1 aromatic rings. The van der Waals surface area contributed by atoms with Crippen LogP contribution < -0.4 is 10.5 Å². The fraction of sp³-hybridized carbons (Fsp3) is 0.538. The third kappa shape index (κ3) is 1.86. The van der Waals surface area contributed by atoms with E-state index < -0.39 is 0 Å². The van der Waals surface area contributed by atoms with Crippen LogP contribution in [0.1, 0.15) is 42.5 Å². The average molecular weight is 205 g/mol. The van der Waals surface area contributed by atoms with E-state index in [2.05, 4.69) is 12.1 Å². The third-order valence-corrected chi connectivity index (χ3v) is 3.21. The highest BCUT2D eigenvalue weighted by molar-refractivity contribution is 5.47. The van der Waals surface area contributed by atoms with Gasteiger partial charge in [0, 0.05) is 11.6 Å². The summed E-state index contributed by atoms with van der Waals surface area (Å²) in [5, 5.41) is 0. The number of fused-ring (bicyclic) bond motifs is 1. The fourth-order valence-electron chi connectivity index (χ4n) is 2.51. The van der Waals surface area contributed by atoms with Gasteiger partial charge in [-0.05, 0) is 49.8 Å². The minimum atomic E-state index is 0.0630. The molecule has 2 nitrogen and oxygen atoms in total. The van der Waals surface area contributed by atoms with Crippen LogP contribution in [0.25, 0.3) is 0 Å². The van der Waals surface area contributed by atoms with Crippen LogP contribution in [0.5, 0.6) is 5.75 Å². The second-order valence-electron chi connectivity index (χ2n) is 4.31. The minimum absolute atomic E-state index is 0.0630. The topological polar surface area (TPSA) is 35.2 Å². The molecule has 0 spiro atoms. The van der Waals surface area contributed by atoms with Gasteiger partial charge in [0.25, 0.3) is 0 Å². The van der Waals surface area contributed by atoms with Gasteiger partial charge in [-0.15, -0.1) is 0 Å². The van der Waals surface area contributed by atoms with Gasteiger partial charge in [0.15, 0.2) is 0 Å². The summed E-state index contributed by atoms with van der Waals surface area (Å²) in [5.74, 6) is 0.950. The van der Waals surface area contributed by atoms with E-state index in [0.717, 1.165) is 12.2 Å². The highest BCUT2D eigenvalue weighted by atomic mass is 16.5. The first kappa shape index (κ1) is 10.5. The summed E-state index contributed by atoms with van der Waals surface area (Å²) in [6, 6.07) is 4.31. The molecule has 2 rings (SSSR count). The third-order valence-electron chi connectivity index (χ3n) is 3.21. The number of methoxy groups -OCH3 is 1. The summed E-state index contributed by atoms with van der Waals surface area (Å²) in [6.45, 7) is 2.03. The van der Waals surface area contributed by atoms with Gasteiger partial charge in [0.1, 0.15) is 5.75 Å². The van der Waals surface area contributed by atoms with Crippen molar-refractivity contribution in [3.63, 3.8) is 0 Å². The lowest BCUT2D eigenvalue weighted by Gasteiger charge is -2.23. The van der Waals surface area contributed by atoms with Gasteiger partial charge < -0.3 is 10.5 Å². The van der Waals surface area contributed by atoms with Crippen LogP contribution >= 0.6 is 0 Å². The number of hydrogen-bond acceptors (Lipinski definition) is 2. The smallest absolute Gasteiger partial charge is 0.123 e. The van der Waals surface area contributed by atoms with Crippen LogP contribution in [0.2, 0.25) is 0 Å². The van der Waals surface area contributed by atoms with Crippen molar-refractivity contribution in [2.45, 2.75) is 38.6 Å². The Bertz CT molecular complexity index is 358. The van der Waals surface area contributed by atoms with E-state index in [0.29, 0.717) is 0 Å². The SMILES string of the molecule is COc1ccc2c(c1C(C)N)CCCC2. The van der Waals surface area contributed by atoms with Crippen LogP contribution in [-0.2, 0) is 12.8 Å². The van der Waals surface area contributed by atoms with E-state index in [4.69, 9.17) is 10.5 Å². The molecule has 0 aromatic heterocycles. The molecule has 2 heteroatoms. The highest BCUT2D eigenvalue weighted by Gasteiger charge is 2.18. The van der Waals surface area contributed by atoms with E-state index in [1.54, 1.807) is 7.11 Å². The van der Waals surface area contributed by atoms with Gasteiger partial charge in [-0.1, -0.05) is 6.07 Å². The van der Waals surface area contributed by atoms with Crippen molar-refractivity contribution in [1.82, 2.24) is 0 Å². The summed E-state index contributed by atoms with van der Waals surface area (Å²) in [7, 11) is 1.72. The molecular weight excluding hydrogens is 186 g/mol. The Morgan fingerprint density at radius 3 is 2.67 bits per heavy atom. The zero-order valence-corrected chi connectivity index (χ0v) is 9.55. The summed E-state index contributed by atoms with van der Waals surface area (Å²) in [4.78, 5) is 0. The summed E-state index contributed by atoms with van der Waals surface area (Å²) < 4.78 is 5.39. The molecule has 82 valence electrons. The van der Waals surface area contributed by atoms with Crippen molar-refractivity contribution in [3.05, 3.63) is 28.8 Å². The highest BCUT2D eigenvalue weighted by Crippen LogP contribution is 2.34. The number of rotatable bonds is 2. The van der Waals surface area contributed by atoms with E-state index in [1.807, 2.05) is 6.92 Å². The van der Waals surface area contributed by atoms with Crippen molar-refractivity contribution in [2.24, 2.45) is 5.73 Å². The lowest BCUT2D eigenvalue weighted by molar-refractivity contribution is 0.405. The second-order valence-corrected chi connectivity index (χ2v) is 4.31. The molecule has 15 heavy (non-hydrogen) atoms. The van der Waals surface area contributed by atoms with Crippen LogP contribution in [0.15, 0.2) is 12.1 Å². The van der Waals surface area contributed by atoms with E-state index >= 15 is 0 Å². The predicted molar refractivity (Wildman–Crippen MR) is 62.2 cm³/mol. The molecule has 0 heterocycles. The summed E-state index contributed by atoms with van der Waals surface area (Å²) in [5.41, 5.74) is 10.2. The van der Waals surface area contributed by atoms with E-state index in [-0.39, 0.29) is 6.04 Å². The number of benzene rings is 1. The van der Waals surface area contributed by atoms with Gasteiger partial charge in [-0.25, -0.2) is 0 Å². The number of aryl methyl sites for hydroxylation is 1. The standard InChI is InChI=1S/C13H19NO/c1-9(14)13-11-6-4-3-5-10(11)7-8-12(13)15-2/h7-9H,3-6,14H2,1-2H3. The second kappa shape index (κ2) is 4.23. The van der Waals surface area contributed by atoms with Crippen LogP contribution in [0, 0.1) is 0 Å². The van der Waals surface area contributed by atoms with Crippen molar-refractivity contribution in [2.75, 3.05) is 7.11 Å². The lowest BCUT2D eigenvalue weighted by atomic mass is 9.86. The van der Waals surface area contributed by atoms with E-state index in [1.165, 1.54) is 36.0 Å². The summed E-state index contributed by atoms with van der Waals surface area (Å²) >= 11 is 0. The Morgan fingerprint density at radius 1 is 1.27 bits per heavy atom.